The van der Waals surface area contributed by atoms with Crippen LogP contribution in [-0.4, -0.2) is 35.0 Å². The summed E-state index contributed by atoms with van der Waals surface area (Å²) >= 11 is 0. The number of rotatable bonds is 6. The fourth-order valence-electron chi connectivity index (χ4n) is 4.56. The summed E-state index contributed by atoms with van der Waals surface area (Å²) < 4.78 is 11.8. The Morgan fingerprint density at radius 2 is 2.07 bits per heavy atom. The minimum atomic E-state index is -0.896. The Morgan fingerprint density at radius 1 is 1.34 bits per heavy atom. The number of benzene rings is 1. The lowest BCUT2D eigenvalue weighted by Gasteiger charge is -2.47. The van der Waals surface area contributed by atoms with Crippen molar-refractivity contribution in [2.24, 2.45) is 5.92 Å². The molecule has 160 valence electrons. The van der Waals surface area contributed by atoms with E-state index >= 15 is 0 Å². The van der Waals surface area contributed by atoms with Crippen LogP contribution in [0.5, 0.6) is 11.5 Å². The molecule has 1 aromatic rings. The minimum Gasteiger partial charge on any atom is -0.508 e. The molecule has 5 nitrogen and oxygen atoms in total. The molecule has 0 saturated carbocycles. The Bertz CT molecular complexity index is 806. The fraction of sp³-hybridized carbons (Fsp3) is 0.625. The largest absolute Gasteiger partial charge is 0.508 e. The van der Waals surface area contributed by atoms with E-state index in [9.17, 15) is 15.0 Å². The van der Waals surface area contributed by atoms with E-state index in [0.717, 1.165) is 30.4 Å². The van der Waals surface area contributed by atoms with Crippen LogP contribution in [0.25, 0.3) is 0 Å². The number of carbonyl (C=O) groups is 1. The number of ether oxygens (including phenoxy) is 2. The van der Waals surface area contributed by atoms with Gasteiger partial charge < -0.3 is 19.7 Å². The van der Waals surface area contributed by atoms with Crippen molar-refractivity contribution >= 4 is 5.97 Å². The molecule has 0 radical (unpaired) electrons. The zero-order valence-electron chi connectivity index (χ0n) is 18.2. The van der Waals surface area contributed by atoms with Crippen molar-refractivity contribution < 1.29 is 24.5 Å². The summed E-state index contributed by atoms with van der Waals surface area (Å²) in [5.41, 5.74) is 1.16. The summed E-state index contributed by atoms with van der Waals surface area (Å²) in [6.45, 7) is 10.3. The lowest BCUT2D eigenvalue weighted by molar-refractivity contribution is -0.149. The maximum atomic E-state index is 12.7. The predicted molar refractivity (Wildman–Crippen MR) is 112 cm³/mol. The molecular weight excluding hydrogens is 368 g/mol. The number of esters is 1. The number of fused-ring (bicyclic) bond motifs is 3. The van der Waals surface area contributed by atoms with Gasteiger partial charge >= 0.3 is 5.97 Å². The van der Waals surface area contributed by atoms with E-state index in [1.165, 1.54) is 0 Å². The smallest absolute Gasteiger partial charge is 0.315 e. The van der Waals surface area contributed by atoms with Crippen LogP contribution < -0.4 is 4.74 Å². The normalized spacial score (nSPS) is 22.8. The number of allylic oxidation sites excluding steroid dienone is 1. The van der Waals surface area contributed by atoms with Crippen LogP contribution in [-0.2, 0) is 14.9 Å². The molecule has 2 atom stereocenters. The third kappa shape index (κ3) is 4.02. The molecule has 2 N–H and O–H groups in total. The van der Waals surface area contributed by atoms with Gasteiger partial charge in [0.15, 0.2) is 0 Å². The van der Waals surface area contributed by atoms with Crippen LogP contribution >= 0.6 is 0 Å². The maximum absolute atomic E-state index is 12.7. The Labute approximate surface area is 173 Å². The Kier molecular flexibility index (Phi) is 6.00. The highest BCUT2D eigenvalue weighted by Crippen LogP contribution is 2.54. The molecule has 1 aliphatic carbocycles. The van der Waals surface area contributed by atoms with Gasteiger partial charge in [-0.05, 0) is 70.2 Å². The van der Waals surface area contributed by atoms with Crippen molar-refractivity contribution in [3.05, 3.63) is 34.9 Å². The number of unbranched alkanes of at least 4 members (excludes halogenated alkanes) is 1. The van der Waals surface area contributed by atoms with Gasteiger partial charge in [-0.25, -0.2) is 0 Å². The van der Waals surface area contributed by atoms with E-state index in [-0.39, 0.29) is 30.2 Å². The third-order valence-electron chi connectivity index (χ3n) is 6.55. The second kappa shape index (κ2) is 8.02. The molecule has 3 rings (SSSR count). The summed E-state index contributed by atoms with van der Waals surface area (Å²) in [5, 5.41) is 20.6. The first-order valence-electron chi connectivity index (χ1n) is 10.6. The number of aliphatic hydroxyl groups is 1. The van der Waals surface area contributed by atoms with Crippen LogP contribution in [0.15, 0.2) is 23.8 Å². The molecule has 0 unspecified atom stereocenters. The molecule has 0 fully saturated rings. The van der Waals surface area contributed by atoms with Crippen molar-refractivity contribution in [2.75, 3.05) is 13.2 Å². The molecule has 2 aliphatic rings. The van der Waals surface area contributed by atoms with Crippen LogP contribution in [0.2, 0.25) is 0 Å². The van der Waals surface area contributed by atoms with Gasteiger partial charge in [-0.2, -0.15) is 0 Å². The maximum Gasteiger partial charge on any atom is 0.315 e. The lowest BCUT2D eigenvalue weighted by atomic mass is 9.66. The Morgan fingerprint density at radius 3 is 2.72 bits per heavy atom. The first-order chi connectivity index (χ1) is 13.6. The SMILES string of the molecule is CCCCOC(=O)C(C)(C)c1cc(O)c2c(c1)OC(C)(C)[C@@H]1CC=C(CO)C[C@@H]21. The van der Waals surface area contributed by atoms with Crippen molar-refractivity contribution in [3.8, 4) is 11.5 Å². The predicted octanol–water partition coefficient (Wildman–Crippen LogP) is 4.60. The van der Waals surface area contributed by atoms with Gasteiger partial charge in [-0.15, -0.1) is 0 Å². The number of aromatic hydroxyl groups is 1. The monoisotopic (exact) mass is 402 g/mol. The molecule has 1 heterocycles. The number of carbonyl (C=O) groups excluding carboxylic acids is 1. The molecule has 1 aromatic carbocycles. The van der Waals surface area contributed by atoms with Crippen LogP contribution in [0.1, 0.15) is 77.3 Å². The number of hydrogen-bond donors (Lipinski definition) is 2. The molecule has 5 heteroatoms. The lowest BCUT2D eigenvalue weighted by Crippen LogP contribution is -2.45. The van der Waals surface area contributed by atoms with Gasteiger partial charge in [-0.3, -0.25) is 4.79 Å². The molecule has 1 aliphatic heterocycles. The van der Waals surface area contributed by atoms with Gasteiger partial charge in [0.1, 0.15) is 17.1 Å². The zero-order valence-corrected chi connectivity index (χ0v) is 18.2. The van der Waals surface area contributed by atoms with E-state index in [2.05, 4.69) is 26.8 Å². The first kappa shape index (κ1) is 21.7. The molecule has 29 heavy (non-hydrogen) atoms. The van der Waals surface area contributed by atoms with Crippen LogP contribution in [0.3, 0.4) is 0 Å². The molecule has 0 aromatic heterocycles. The standard InChI is InChI=1S/C24H34O5/c1-6-7-10-28-22(27)23(2,3)16-12-19(26)21-17-11-15(14-25)8-9-18(17)24(4,5)29-20(21)13-16/h8,12-13,17-18,25-26H,6-7,9-11,14H2,1-5H3/t17-,18-/m1/s1. The van der Waals surface area contributed by atoms with Gasteiger partial charge in [0.05, 0.1) is 18.6 Å². The topological polar surface area (TPSA) is 76.0 Å². The van der Waals surface area contributed by atoms with Gasteiger partial charge in [0, 0.05) is 17.4 Å². The quantitative estimate of drug-likeness (QED) is 0.413. The summed E-state index contributed by atoms with van der Waals surface area (Å²) in [4.78, 5) is 12.7. The van der Waals surface area contributed by atoms with Gasteiger partial charge in [-0.1, -0.05) is 19.4 Å². The van der Waals surface area contributed by atoms with Crippen molar-refractivity contribution in [2.45, 2.75) is 77.2 Å². The highest BCUT2D eigenvalue weighted by Gasteiger charge is 2.46. The zero-order chi connectivity index (χ0) is 21.4. The number of aliphatic hydroxyl groups excluding tert-OH is 1. The molecule has 0 saturated heterocycles. The third-order valence-corrected chi connectivity index (χ3v) is 6.55. The second-order valence-electron chi connectivity index (χ2n) is 9.40. The highest BCUT2D eigenvalue weighted by atomic mass is 16.5. The van der Waals surface area contributed by atoms with E-state index in [4.69, 9.17) is 9.47 Å². The van der Waals surface area contributed by atoms with Gasteiger partial charge in [0.25, 0.3) is 0 Å². The molecular formula is C24H34O5. The Balaban J connectivity index is 1.98. The number of phenolic OH excluding ortho intramolecular Hbond substituents is 1. The molecule has 0 spiro atoms. The number of phenols is 1. The number of hydrogen-bond acceptors (Lipinski definition) is 5. The first-order valence-corrected chi connectivity index (χ1v) is 10.6. The van der Waals surface area contributed by atoms with E-state index < -0.39 is 11.0 Å². The van der Waals surface area contributed by atoms with Gasteiger partial charge in [0.2, 0.25) is 0 Å². The van der Waals surface area contributed by atoms with E-state index in [1.54, 1.807) is 6.07 Å². The molecule has 0 bridgehead atoms. The summed E-state index contributed by atoms with van der Waals surface area (Å²) in [5.74, 6) is 0.765. The second-order valence-corrected chi connectivity index (χ2v) is 9.40. The average molecular weight is 403 g/mol. The fourth-order valence-corrected chi connectivity index (χ4v) is 4.56. The average Bonchev–Trinajstić information content (AvgIpc) is 2.66. The Hall–Kier alpha value is -2.01. The van der Waals surface area contributed by atoms with Crippen molar-refractivity contribution in [1.29, 1.82) is 0 Å². The summed E-state index contributed by atoms with van der Waals surface area (Å²) in [6, 6.07) is 3.56. The van der Waals surface area contributed by atoms with Crippen molar-refractivity contribution in [1.82, 2.24) is 0 Å². The highest BCUT2D eigenvalue weighted by molar-refractivity contribution is 5.82. The minimum absolute atomic E-state index is 0.0370. The van der Waals surface area contributed by atoms with E-state index in [0.29, 0.717) is 24.3 Å². The van der Waals surface area contributed by atoms with Crippen LogP contribution in [0, 0.1) is 5.92 Å². The van der Waals surface area contributed by atoms with Crippen LogP contribution in [0.4, 0.5) is 0 Å². The van der Waals surface area contributed by atoms with Crippen molar-refractivity contribution in [3.63, 3.8) is 0 Å². The van der Waals surface area contributed by atoms with E-state index in [1.807, 2.05) is 19.9 Å². The molecule has 0 amide bonds. The summed E-state index contributed by atoms with van der Waals surface area (Å²) in [6.07, 6.45) is 5.40. The summed E-state index contributed by atoms with van der Waals surface area (Å²) in [7, 11) is 0.